The van der Waals surface area contributed by atoms with Crippen LogP contribution in [0.3, 0.4) is 0 Å². The van der Waals surface area contributed by atoms with Crippen LogP contribution in [0.25, 0.3) is 21.5 Å². The number of hydrogen-bond acceptors (Lipinski definition) is 8. The zero-order chi connectivity index (χ0) is 21.9. The Kier molecular flexibility index (Phi) is 5.30. The molecule has 9 heteroatoms. The van der Waals surface area contributed by atoms with Crippen molar-refractivity contribution >= 4 is 32.4 Å². The van der Waals surface area contributed by atoms with Crippen LogP contribution in [0.4, 0.5) is 15.2 Å². The number of halogens is 1. The topological polar surface area (TPSA) is 82.1 Å². The largest absolute Gasteiger partial charge is 0.481 e. The fraction of sp³-hybridized carbons (Fsp3) is 0.0435. The average molecular weight is 445 g/mol. The van der Waals surface area contributed by atoms with E-state index in [2.05, 4.69) is 25.3 Å². The van der Waals surface area contributed by atoms with Crippen LogP contribution in [0, 0.1) is 5.82 Å². The summed E-state index contributed by atoms with van der Waals surface area (Å²) in [6, 6.07) is 15.8. The Morgan fingerprint density at radius 1 is 0.875 bits per heavy atom. The van der Waals surface area contributed by atoms with Crippen molar-refractivity contribution in [3.8, 4) is 28.8 Å². The van der Waals surface area contributed by atoms with Crippen LogP contribution in [0.15, 0.2) is 73.2 Å². The Labute approximate surface area is 186 Å². The van der Waals surface area contributed by atoms with Crippen LogP contribution >= 0.6 is 11.3 Å². The van der Waals surface area contributed by atoms with E-state index in [4.69, 9.17) is 9.47 Å². The number of pyridine rings is 1. The number of anilines is 2. The molecule has 3 aromatic heterocycles. The molecule has 0 amide bonds. The predicted octanol–water partition coefficient (Wildman–Crippen LogP) is 5.83. The number of nitrogens with one attached hydrogen (secondary N) is 1. The van der Waals surface area contributed by atoms with Crippen molar-refractivity contribution in [2.45, 2.75) is 0 Å². The summed E-state index contributed by atoms with van der Waals surface area (Å²) in [6.07, 6.45) is 4.79. The normalized spacial score (nSPS) is 10.8. The minimum Gasteiger partial charge on any atom is -0.481 e. The van der Waals surface area contributed by atoms with Gasteiger partial charge in [-0.25, -0.2) is 24.3 Å². The highest BCUT2D eigenvalue weighted by atomic mass is 32.1. The van der Waals surface area contributed by atoms with Gasteiger partial charge >= 0.3 is 0 Å². The van der Waals surface area contributed by atoms with Crippen LogP contribution in [0.1, 0.15) is 0 Å². The highest BCUT2D eigenvalue weighted by Crippen LogP contribution is 2.35. The van der Waals surface area contributed by atoms with E-state index in [1.165, 1.54) is 17.4 Å². The third kappa shape index (κ3) is 3.93. The summed E-state index contributed by atoms with van der Waals surface area (Å²) in [5.74, 6) is 1.07. The number of nitrogens with zero attached hydrogens (tertiary/aromatic N) is 4. The Hall–Kier alpha value is -4.11. The second-order valence-corrected chi connectivity index (χ2v) is 7.63. The Morgan fingerprint density at radius 3 is 2.50 bits per heavy atom. The third-order valence-electron chi connectivity index (χ3n) is 4.57. The lowest BCUT2D eigenvalue weighted by Gasteiger charge is -2.11. The summed E-state index contributed by atoms with van der Waals surface area (Å²) in [5, 5.41) is 3.81. The first-order valence-corrected chi connectivity index (χ1v) is 10.4. The minimum atomic E-state index is -0.276. The van der Waals surface area contributed by atoms with E-state index in [9.17, 15) is 4.39 Å². The van der Waals surface area contributed by atoms with Gasteiger partial charge in [0.15, 0.2) is 5.13 Å². The van der Waals surface area contributed by atoms with Crippen molar-refractivity contribution < 1.29 is 13.9 Å². The molecule has 0 aliphatic heterocycles. The van der Waals surface area contributed by atoms with E-state index in [1.807, 2.05) is 18.2 Å². The molecule has 0 unspecified atom stereocenters. The molecule has 1 N–H and O–H groups in total. The highest BCUT2D eigenvalue weighted by Gasteiger charge is 2.15. The molecular weight excluding hydrogens is 429 g/mol. The number of aromatic nitrogens is 4. The van der Waals surface area contributed by atoms with Crippen molar-refractivity contribution in [1.29, 1.82) is 0 Å². The molecule has 32 heavy (non-hydrogen) atoms. The molecule has 0 atom stereocenters. The van der Waals surface area contributed by atoms with Gasteiger partial charge in [0.25, 0.3) is 0 Å². The Balaban J connectivity index is 1.37. The lowest BCUT2D eigenvalue weighted by atomic mass is 10.2. The number of methoxy groups -OCH3 is 1. The molecule has 0 saturated carbocycles. The number of hydrogen-bond donors (Lipinski definition) is 1. The lowest BCUT2D eigenvalue weighted by molar-refractivity contribution is 0.398. The van der Waals surface area contributed by atoms with E-state index in [0.717, 1.165) is 5.69 Å². The van der Waals surface area contributed by atoms with Gasteiger partial charge < -0.3 is 14.8 Å². The van der Waals surface area contributed by atoms with Gasteiger partial charge in [-0.3, -0.25) is 0 Å². The van der Waals surface area contributed by atoms with Crippen molar-refractivity contribution in [2.24, 2.45) is 0 Å². The molecule has 3 heterocycles. The quantitative estimate of drug-likeness (QED) is 0.352. The molecule has 0 aliphatic carbocycles. The third-order valence-corrected chi connectivity index (χ3v) is 5.57. The van der Waals surface area contributed by atoms with Gasteiger partial charge in [0, 0.05) is 24.3 Å². The van der Waals surface area contributed by atoms with E-state index < -0.39 is 0 Å². The number of benzene rings is 2. The minimum absolute atomic E-state index is 0.276. The molecule has 5 aromatic rings. The van der Waals surface area contributed by atoms with E-state index in [-0.39, 0.29) is 5.82 Å². The molecule has 0 saturated heterocycles. The fourth-order valence-corrected chi connectivity index (χ4v) is 4.02. The van der Waals surface area contributed by atoms with E-state index in [0.29, 0.717) is 44.1 Å². The van der Waals surface area contributed by atoms with Crippen LogP contribution in [-0.4, -0.2) is 27.0 Å². The summed E-state index contributed by atoms with van der Waals surface area (Å²) in [7, 11) is 1.55. The Bertz CT molecular complexity index is 1390. The van der Waals surface area contributed by atoms with Crippen molar-refractivity contribution in [3.05, 3.63) is 79.0 Å². The monoisotopic (exact) mass is 445 g/mol. The molecule has 0 aliphatic rings. The van der Waals surface area contributed by atoms with Crippen LogP contribution in [0.5, 0.6) is 17.5 Å². The molecule has 158 valence electrons. The molecule has 0 radical (unpaired) electrons. The Morgan fingerprint density at radius 2 is 1.69 bits per heavy atom. The lowest BCUT2D eigenvalue weighted by Crippen LogP contribution is -1.97. The van der Waals surface area contributed by atoms with E-state index in [1.54, 1.807) is 56.0 Å². The van der Waals surface area contributed by atoms with Gasteiger partial charge in [-0.1, -0.05) is 17.4 Å². The zero-order valence-corrected chi connectivity index (χ0v) is 17.6. The van der Waals surface area contributed by atoms with Gasteiger partial charge in [-0.15, -0.1) is 0 Å². The fourth-order valence-electron chi connectivity index (χ4n) is 3.13. The highest BCUT2D eigenvalue weighted by molar-refractivity contribution is 7.22. The second kappa shape index (κ2) is 8.56. The number of thiazole rings is 1. The molecule has 0 fully saturated rings. The number of ether oxygens (including phenoxy) is 2. The average Bonchev–Trinajstić information content (AvgIpc) is 3.25. The standard InChI is InChI=1S/C23H16FN5O2S/c1-30-21-16(4-3-11-26-21)19-22(27-13-12-25-19)31-15-9-7-14(8-10-15)28-23-29-18-6-2-5-17(24)20(18)32-23/h2-13H,1H3,(H,28,29). The molecule has 0 spiro atoms. The zero-order valence-electron chi connectivity index (χ0n) is 16.8. The molecule has 7 nitrogen and oxygen atoms in total. The first-order chi connectivity index (χ1) is 15.7. The second-order valence-electron chi connectivity index (χ2n) is 6.63. The summed E-state index contributed by atoms with van der Waals surface area (Å²) in [6.45, 7) is 0. The van der Waals surface area contributed by atoms with E-state index >= 15 is 0 Å². The first-order valence-electron chi connectivity index (χ1n) is 9.61. The van der Waals surface area contributed by atoms with Crippen LogP contribution in [0.2, 0.25) is 0 Å². The van der Waals surface area contributed by atoms with Gasteiger partial charge in [0.2, 0.25) is 11.8 Å². The van der Waals surface area contributed by atoms with Gasteiger partial charge in [0.1, 0.15) is 17.3 Å². The maximum Gasteiger partial charge on any atom is 0.246 e. The maximum absolute atomic E-state index is 13.9. The maximum atomic E-state index is 13.9. The molecule has 5 rings (SSSR count). The summed E-state index contributed by atoms with van der Waals surface area (Å²) >= 11 is 1.26. The van der Waals surface area contributed by atoms with Crippen molar-refractivity contribution in [1.82, 2.24) is 19.9 Å². The first kappa shape index (κ1) is 19.8. The van der Waals surface area contributed by atoms with Crippen LogP contribution in [-0.2, 0) is 0 Å². The molecular formula is C23H16FN5O2S. The smallest absolute Gasteiger partial charge is 0.246 e. The number of fused-ring (bicyclic) bond motifs is 1. The van der Waals surface area contributed by atoms with Crippen molar-refractivity contribution in [3.63, 3.8) is 0 Å². The molecule has 2 aromatic carbocycles. The van der Waals surface area contributed by atoms with Crippen LogP contribution < -0.4 is 14.8 Å². The number of rotatable bonds is 6. The van der Waals surface area contributed by atoms with Crippen molar-refractivity contribution in [2.75, 3.05) is 12.4 Å². The van der Waals surface area contributed by atoms with Gasteiger partial charge in [0.05, 0.1) is 22.9 Å². The van der Waals surface area contributed by atoms with Gasteiger partial charge in [-0.05, 0) is 48.5 Å². The predicted molar refractivity (Wildman–Crippen MR) is 121 cm³/mol. The molecule has 0 bridgehead atoms. The summed E-state index contributed by atoms with van der Waals surface area (Å²) in [5.41, 5.74) is 2.62. The SMILES string of the molecule is COc1ncccc1-c1nccnc1Oc1ccc(Nc2nc3cccc(F)c3s2)cc1. The van der Waals surface area contributed by atoms with Gasteiger partial charge in [-0.2, -0.15) is 0 Å². The summed E-state index contributed by atoms with van der Waals surface area (Å²) in [4.78, 5) is 17.4. The summed E-state index contributed by atoms with van der Waals surface area (Å²) < 4.78 is 25.7.